The van der Waals surface area contributed by atoms with Crippen LogP contribution in [0.3, 0.4) is 0 Å². The third kappa shape index (κ3) is 4.45. The van der Waals surface area contributed by atoms with E-state index >= 15 is 0 Å². The van der Waals surface area contributed by atoms with E-state index in [-0.39, 0.29) is 5.91 Å². The maximum atomic E-state index is 12.2. The molecule has 2 rings (SSSR count). The van der Waals surface area contributed by atoms with Crippen molar-refractivity contribution in [3.63, 3.8) is 0 Å². The smallest absolute Gasteiger partial charge is 0.275 e. The molecule has 0 aliphatic heterocycles. The van der Waals surface area contributed by atoms with Gasteiger partial charge in [0.25, 0.3) is 5.91 Å². The fourth-order valence-electron chi connectivity index (χ4n) is 1.97. The summed E-state index contributed by atoms with van der Waals surface area (Å²) in [6.07, 6.45) is 2.52. The molecule has 0 aliphatic rings. The van der Waals surface area contributed by atoms with E-state index < -0.39 is 0 Å². The largest absolute Gasteiger partial charge is 0.493 e. The average Bonchev–Trinajstić information content (AvgIpc) is 2.53. The number of ether oxygens (including phenoxy) is 1. The predicted molar refractivity (Wildman–Crippen MR) is 88.5 cm³/mol. The summed E-state index contributed by atoms with van der Waals surface area (Å²) in [6, 6.07) is 15.0. The number of hydrogen-bond acceptors (Lipinski definition) is 3. The first-order chi connectivity index (χ1) is 10.7. The second kappa shape index (κ2) is 7.98. The highest BCUT2D eigenvalue weighted by Gasteiger charge is 2.10. The Morgan fingerprint density at radius 2 is 2.05 bits per heavy atom. The second-order valence-electron chi connectivity index (χ2n) is 4.96. The molecule has 1 N–H and O–H groups in total. The van der Waals surface area contributed by atoms with E-state index in [0.717, 1.165) is 17.5 Å². The molecule has 22 heavy (non-hydrogen) atoms. The van der Waals surface area contributed by atoms with Crippen LogP contribution < -0.4 is 10.2 Å². The van der Waals surface area contributed by atoms with Gasteiger partial charge in [-0.25, -0.2) is 5.43 Å². The van der Waals surface area contributed by atoms with Crippen LogP contribution in [0.2, 0.25) is 0 Å². The molecule has 0 bridgehead atoms. The van der Waals surface area contributed by atoms with Gasteiger partial charge in [0.1, 0.15) is 5.75 Å². The van der Waals surface area contributed by atoms with Crippen molar-refractivity contribution in [1.29, 1.82) is 0 Å². The Hall–Kier alpha value is -2.62. The zero-order chi connectivity index (χ0) is 15.8. The minimum absolute atomic E-state index is 0.282. The van der Waals surface area contributed by atoms with Crippen molar-refractivity contribution in [2.75, 3.05) is 6.61 Å². The van der Waals surface area contributed by atoms with Crippen molar-refractivity contribution in [2.24, 2.45) is 5.10 Å². The van der Waals surface area contributed by atoms with Crippen LogP contribution in [0.15, 0.2) is 53.6 Å². The topological polar surface area (TPSA) is 50.7 Å². The minimum Gasteiger partial charge on any atom is -0.493 e. The molecule has 0 saturated carbocycles. The number of benzene rings is 2. The fourth-order valence-corrected chi connectivity index (χ4v) is 1.97. The molecule has 2 aromatic carbocycles. The van der Waals surface area contributed by atoms with Crippen LogP contribution in [0, 0.1) is 6.92 Å². The molecule has 2 aromatic rings. The number of nitrogens with one attached hydrogen (secondary N) is 1. The Bertz CT molecular complexity index is 666. The van der Waals surface area contributed by atoms with E-state index in [1.54, 1.807) is 24.4 Å². The number of hydrazone groups is 1. The highest BCUT2D eigenvalue weighted by molar-refractivity contribution is 5.97. The van der Waals surface area contributed by atoms with E-state index in [0.29, 0.717) is 17.9 Å². The Morgan fingerprint density at radius 1 is 1.23 bits per heavy atom. The molecular formula is C18H20N2O2. The van der Waals surface area contributed by atoms with Gasteiger partial charge in [-0.15, -0.1) is 0 Å². The molecule has 4 nitrogen and oxygen atoms in total. The Kier molecular flexibility index (Phi) is 5.72. The van der Waals surface area contributed by atoms with Crippen LogP contribution in [0.5, 0.6) is 5.75 Å². The van der Waals surface area contributed by atoms with Crippen LogP contribution in [-0.4, -0.2) is 18.7 Å². The minimum atomic E-state index is -0.282. The maximum absolute atomic E-state index is 12.2. The second-order valence-corrected chi connectivity index (χ2v) is 4.96. The number of para-hydroxylation sites is 1. The normalized spacial score (nSPS) is 10.6. The predicted octanol–water partition coefficient (Wildman–Crippen LogP) is 3.55. The fraction of sp³-hybridized carbons (Fsp3) is 0.222. The lowest BCUT2D eigenvalue weighted by atomic mass is 10.2. The van der Waals surface area contributed by atoms with Gasteiger partial charge in [0, 0.05) is 0 Å². The van der Waals surface area contributed by atoms with Crippen molar-refractivity contribution >= 4 is 12.1 Å². The summed E-state index contributed by atoms with van der Waals surface area (Å²) in [6.45, 7) is 4.61. The summed E-state index contributed by atoms with van der Waals surface area (Å²) in [5.41, 5.74) is 5.11. The number of amides is 1. The third-order valence-electron chi connectivity index (χ3n) is 3.02. The van der Waals surface area contributed by atoms with Crippen molar-refractivity contribution in [1.82, 2.24) is 5.43 Å². The summed E-state index contributed by atoms with van der Waals surface area (Å²) in [5.74, 6) is 0.295. The lowest BCUT2D eigenvalue weighted by molar-refractivity contribution is 0.0951. The van der Waals surface area contributed by atoms with Gasteiger partial charge in [-0.05, 0) is 31.0 Å². The Morgan fingerprint density at radius 3 is 2.82 bits per heavy atom. The quantitative estimate of drug-likeness (QED) is 0.654. The van der Waals surface area contributed by atoms with Crippen molar-refractivity contribution < 1.29 is 9.53 Å². The van der Waals surface area contributed by atoms with E-state index in [1.807, 2.05) is 44.2 Å². The van der Waals surface area contributed by atoms with Gasteiger partial charge in [-0.3, -0.25) is 4.79 Å². The van der Waals surface area contributed by atoms with Crippen LogP contribution in [-0.2, 0) is 0 Å². The zero-order valence-corrected chi connectivity index (χ0v) is 12.9. The number of aryl methyl sites for hydroxylation is 1. The van der Waals surface area contributed by atoms with Crippen LogP contribution in [0.1, 0.15) is 34.8 Å². The number of carbonyl (C=O) groups excluding carboxylic acids is 1. The van der Waals surface area contributed by atoms with Gasteiger partial charge in [-0.2, -0.15) is 5.10 Å². The lowest BCUT2D eigenvalue weighted by Crippen LogP contribution is -2.18. The van der Waals surface area contributed by atoms with E-state index in [2.05, 4.69) is 10.5 Å². The van der Waals surface area contributed by atoms with Crippen LogP contribution in [0.25, 0.3) is 0 Å². The van der Waals surface area contributed by atoms with Crippen molar-refractivity contribution in [2.45, 2.75) is 20.3 Å². The number of hydrogen-bond donors (Lipinski definition) is 1. The Labute approximate surface area is 130 Å². The summed E-state index contributed by atoms with van der Waals surface area (Å²) < 4.78 is 5.58. The van der Waals surface area contributed by atoms with Crippen LogP contribution in [0.4, 0.5) is 0 Å². The van der Waals surface area contributed by atoms with Gasteiger partial charge in [-0.1, -0.05) is 48.9 Å². The number of carbonyl (C=O) groups is 1. The first-order valence-electron chi connectivity index (χ1n) is 7.32. The number of nitrogens with zero attached hydrogens (tertiary/aromatic N) is 1. The van der Waals surface area contributed by atoms with Gasteiger partial charge >= 0.3 is 0 Å². The van der Waals surface area contributed by atoms with E-state index in [4.69, 9.17) is 4.74 Å². The van der Waals surface area contributed by atoms with Gasteiger partial charge < -0.3 is 4.74 Å². The average molecular weight is 296 g/mol. The molecule has 0 aliphatic carbocycles. The highest BCUT2D eigenvalue weighted by Crippen LogP contribution is 2.17. The molecule has 0 atom stereocenters. The molecule has 0 unspecified atom stereocenters. The zero-order valence-electron chi connectivity index (χ0n) is 12.9. The first kappa shape index (κ1) is 15.8. The van der Waals surface area contributed by atoms with Crippen LogP contribution >= 0.6 is 0 Å². The molecule has 0 fully saturated rings. The molecule has 0 saturated heterocycles. The van der Waals surface area contributed by atoms with Gasteiger partial charge in [0.15, 0.2) is 0 Å². The molecule has 0 spiro atoms. The van der Waals surface area contributed by atoms with Crippen molar-refractivity contribution in [3.8, 4) is 5.75 Å². The molecule has 0 heterocycles. The number of rotatable bonds is 6. The molecule has 0 aromatic heterocycles. The summed E-state index contributed by atoms with van der Waals surface area (Å²) in [7, 11) is 0. The van der Waals surface area contributed by atoms with Gasteiger partial charge in [0.2, 0.25) is 0 Å². The molecule has 114 valence electrons. The Balaban J connectivity index is 2.03. The monoisotopic (exact) mass is 296 g/mol. The SMILES string of the molecule is CCCOc1ccccc1C(=O)NN=Cc1cccc(C)c1. The first-order valence-corrected chi connectivity index (χ1v) is 7.32. The standard InChI is InChI=1S/C18H20N2O2/c1-3-11-22-17-10-5-4-9-16(17)18(21)20-19-13-15-8-6-7-14(2)12-15/h4-10,12-13H,3,11H2,1-2H3,(H,20,21). The molecule has 0 radical (unpaired) electrons. The van der Waals surface area contributed by atoms with Gasteiger partial charge in [0.05, 0.1) is 18.4 Å². The van der Waals surface area contributed by atoms with Crippen molar-refractivity contribution in [3.05, 3.63) is 65.2 Å². The maximum Gasteiger partial charge on any atom is 0.275 e. The van der Waals surface area contributed by atoms with E-state index in [1.165, 1.54) is 0 Å². The highest BCUT2D eigenvalue weighted by atomic mass is 16.5. The van der Waals surface area contributed by atoms with E-state index in [9.17, 15) is 4.79 Å². The lowest BCUT2D eigenvalue weighted by Gasteiger charge is -2.09. The molecule has 4 heteroatoms. The summed E-state index contributed by atoms with van der Waals surface area (Å²) in [5, 5.41) is 4.00. The summed E-state index contributed by atoms with van der Waals surface area (Å²) in [4.78, 5) is 12.2. The third-order valence-corrected chi connectivity index (χ3v) is 3.02. The summed E-state index contributed by atoms with van der Waals surface area (Å²) >= 11 is 0. The molecular weight excluding hydrogens is 276 g/mol. The molecule has 1 amide bonds.